The molecule has 1 aromatic heterocycles. The molecular weight excluding hydrogens is 160 g/mol. The van der Waals surface area contributed by atoms with Gasteiger partial charge in [0, 0.05) is 5.39 Å². The van der Waals surface area contributed by atoms with Gasteiger partial charge in [0.25, 0.3) is 0 Å². The maximum absolute atomic E-state index is 4.24. The van der Waals surface area contributed by atoms with Crippen molar-refractivity contribution < 1.29 is 0 Å². The van der Waals surface area contributed by atoms with E-state index in [2.05, 4.69) is 28.2 Å². The molecule has 2 nitrogen and oxygen atoms in total. The van der Waals surface area contributed by atoms with E-state index in [1.54, 1.807) is 6.33 Å². The van der Waals surface area contributed by atoms with Crippen LogP contribution in [0.4, 0.5) is 0 Å². The summed E-state index contributed by atoms with van der Waals surface area (Å²) >= 11 is 0. The summed E-state index contributed by atoms with van der Waals surface area (Å²) in [5, 5.41) is 1.22. The van der Waals surface area contributed by atoms with Crippen molar-refractivity contribution in [1.29, 1.82) is 0 Å². The third kappa shape index (κ3) is 0.886. The Morgan fingerprint density at radius 2 is 2.15 bits per heavy atom. The Balaban J connectivity index is 2.56. The summed E-state index contributed by atoms with van der Waals surface area (Å²) in [4.78, 5) is 8.48. The van der Waals surface area contributed by atoms with Gasteiger partial charge in [0.15, 0.2) is 0 Å². The van der Waals surface area contributed by atoms with Crippen molar-refractivity contribution in [2.45, 2.75) is 6.42 Å². The molecule has 0 bridgehead atoms. The molecule has 13 heavy (non-hydrogen) atoms. The summed E-state index contributed by atoms with van der Waals surface area (Å²) in [5.74, 6) is 0. The predicted molar refractivity (Wildman–Crippen MR) is 52.3 cm³/mol. The lowest BCUT2D eigenvalue weighted by Crippen LogP contribution is -1.96. The van der Waals surface area contributed by atoms with Gasteiger partial charge in [-0.3, -0.25) is 0 Å². The summed E-state index contributed by atoms with van der Waals surface area (Å²) < 4.78 is 0. The zero-order valence-electron chi connectivity index (χ0n) is 7.07. The van der Waals surface area contributed by atoms with E-state index in [1.165, 1.54) is 10.9 Å². The largest absolute Gasteiger partial charge is 0.236 e. The number of hydrogen-bond acceptors (Lipinski definition) is 2. The van der Waals surface area contributed by atoms with Crippen LogP contribution < -0.4 is 0 Å². The van der Waals surface area contributed by atoms with Gasteiger partial charge in [0.2, 0.25) is 0 Å². The molecule has 0 saturated carbocycles. The second-order valence-electron chi connectivity index (χ2n) is 3.18. The molecule has 1 aliphatic rings. The van der Waals surface area contributed by atoms with Gasteiger partial charge >= 0.3 is 0 Å². The first-order chi connectivity index (χ1) is 6.45. The molecule has 3 rings (SSSR count). The molecule has 2 heteroatoms. The molecule has 0 spiro atoms. The first kappa shape index (κ1) is 6.78. The van der Waals surface area contributed by atoms with Crippen molar-refractivity contribution in [3.63, 3.8) is 0 Å². The molecule has 0 aliphatic heterocycles. The molecule has 1 aromatic carbocycles. The van der Waals surface area contributed by atoms with Gasteiger partial charge in [-0.05, 0) is 24.1 Å². The number of hydrogen-bond donors (Lipinski definition) is 0. The smallest absolute Gasteiger partial charge is 0.116 e. The second-order valence-corrected chi connectivity index (χ2v) is 3.18. The molecule has 0 unspecified atom stereocenters. The Bertz CT molecular complexity index is 495. The van der Waals surface area contributed by atoms with Gasteiger partial charge in [-0.1, -0.05) is 18.2 Å². The van der Waals surface area contributed by atoms with Crippen molar-refractivity contribution in [3.05, 3.63) is 41.9 Å². The molecule has 0 saturated heterocycles. The Hall–Kier alpha value is -1.70. The zero-order valence-corrected chi connectivity index (χ0v) is 7.07. The molecule has 0 atom stereocenters. The maximum Gasteiger partial charge on any atom is 0.116 e. The molecule has 0 N–H and O–H groups in total. The Morgan fingerprint density at radius 3 is 3.15 bits per heavy atom. The zero-order chi connectivity index (χ0) is 8.67. The number of rotatable bonds is 0. The van der Waals surface area contributed by atoms with E-state index >= 15 is 0 Å². The lowest BCUT2D eigenvalue weighted by atomic mass is 9.99. The molecule has 2 aromatic rings. The first-order valence-electron chi connectivity index (χ1n) is 4.34. The highest BCUT2D eigenvalue weighted by atomic mass is 14.8. The lowest BCUT2D eigenvalue weighted by molar-refractivity contribution is 1.17. The van der Waals surface area contributed by atoms with Crippen molar-refractivity contribution in [3.8, 4) is 0 Å². The van der Waals surface area contributed by atoms with Crippen molar-refractivity contribution in [2.75, 3.05) is 0 Å². The fourth-order valence-corrected chi connectivity index (χ4v) is 1.80. The van der Waals surface area contributed by atoms with Gasteiger partial charge in [-0.2, -0.15) is 0 Å². The molecule has 1 aliphatic carbocycles. The first-order valence-corrected chi connectivity index (χ1v) is 4.34. The van der Waals surface area contributed by atoms with Crippen LogP contribution in [0.15, 0.2) is 30.6 Å². The Labute approximate surface area is 76.0 Å². The van der Waals surface area contributed by atoms with Crippen LogP contribution in [0.25, 0.3) is 17.0 Å². The summed E-state index contributed by atoms with van der Waals surface area (Å²) in [5.41, 5.74) is 3.43. The molecule has 62 valence electrons. The average molecular weight is 168 g/mol. The van der Waals surface area contributed by atoms with Crippen LogP contribution in [0.2, 0.25) is 0 Å². The molecule has 0 amide bonds. The highest BCUT2D eigenvalue weighted by Gasteiger charge is 2.08. The van der Waals surface area contributed by atoms with Crippen LogP contribution in [0.1, 0.15) is 11.3 Å². The van der Waals surface area contributed by atoms with Crippen molar-refractivity contribution in [1.82, 2.24) is 9.97 Å². The van der Waals surface area contributed by atoms with E-state index in [1.807, 2.05) is 12.1 Å². The summed E-state index contributed by atoms with van der Waals surface area (Å²) in [6.07, 6.45) is 6.83. The van der Waals surface area contributed by atoms with Crippen LogP contribution in [-0.4, -0.2) is 9.97 Å². The van der Waals surface area contributed by atoms with E-state index in [-0.39, 0.29) is 0 Å². The van der Waals surface area contributed by atoms with Gasteiger partial charge in [-0.25, -0.2) is 9.97 Å². The third-order valence-electron chi connectivity index (χ3n) is 2.39. The number of benzene rings is 1. The van der Waals surface area contributed by atoms with Gasteiger partial charge < -0.3 is 0 Å². The van der Waals surface area contributed by atoms with Crippen molar-refractivity contribution in [2.24, 2.45) is 0 Å². The van der Waals surface area contributed by atoms with Crippen LogP contribution >= 0.6 is 0 Å². The van der Waals surface area contributed by atoms with Gasteiger partial charge in [0.1, 0.15) is 6.33 Å². The van der Waals surface area contributed by atoms with E-state index in [9.17, 15) is 0 Å². The minimum absolute atomic E-state index is 0.998. The van der Waals surface area contributed by atoms with Gasteiger partial charge in [0.05, 0.1) is 11.2 Å². The minimum atomic E-state index is 0.998. The Kier molecular flexibility index (Phi) is 1.25. The number of nitrogens with zero attached hydrogens (tertiary/aromatic N) is 2. The van der Waals surface area contributed by atoms with Crippen LogP contribution in [0.5, 0.6) is 0 Å². The van der Waals surface area contributed by atoms with Crippen LogP contribution in [0.3, 0.4) is 0 Å². The fraction of sp³-hybridized carbons (Fsp3) is 0.0909. The Morgan fingerprint density at radius 1 is 1.15 bits per heavy atom. The molecule has 1 heterocycles. The minimum Gasteiger partial charge on any atom is -0.236 e. The van der Waals surface area contributed by atoms with Crippen molar-refractivity contribution >= 4 is 17.0 Å². The topological polar surface area (TPSA) is 25.8 Å². The SMILES string of the molecule is C1=Cc2ncnc3cccc(c23)C1. The average Bonchev–Trinajstić information content (AvgIpc) is 2.19. The molecular formula is C11H8N2. The summed E-state index contributed by atoms with van der Waals surface area (Å²) in [6.45, 7) is 0. The fourth-order valence-electron chi connectivity index (χ4n) is 1.80. The summed E-state index contributed by atoms with van der Waals surface area (Å²) in [6, 6.07) is 6.22. The highest BCUT2D eigenvalue weighted by molar-refractivity contribution is 5.90. The van der Waals surface area contributed by atoms with Gasteiger partial charge in [-0.15, -0.1) is 0 Å². The maximum atomic E-state index is 4.24. The highest BCUT2D eigenvalue weighted by Crippen LogP contribution is 2.24. The van der Waals surface area contributed by atoms with E-state index in [4.69, 9.17) is 0 Å². The van der Waals surface area contributed by atoms with Crippen LogP contribution in [-0.2, 0) is 6.42 Å². The second kappa shape index (κ2) is 2.39. The normalized spacial score (nSPS) is 13.5. The molecule has 0 radical (unpaired) electrons. The monoisotopic (exact) mass is 168 g/mol. The number of aromatic nitrogens is 2. The number of allylic oxidation sites excluding steroid dienone is 1. The standard InChI is InChI=1S/C11H8N2/c1-3-8-4-2-6-10-11(8)9(5-1)12-7-13-10/h1-3,5-7H,4H2. The van der Waals surface area contributed by atoms with Crippen LogP contribution in [0, 0.1) is 0 Å². The van der Waals surface area contributed by atoms with E-state index in [0.717, 1.165) is 17.6 Å². The quantitative estimate of drug-likeness (QED) is 0.602. The predicted octanol–water partition coefficient (Wildman–Crippen LogP) is 2.20. The summed E-state index contributed by atoms with van der Waals surface area (Å²) in [7, 11) is 0. The molecule has 0 fully saturated rings. The van der Waals surface area contributed by atoms with E-state index < -0.39 is 0 Å². The lowest BCUT2D eigenvalue weighted by Gasteiger charge is -2.09. The van der Waals surface area contributed by atoms with E-state index in [0.29, 0.717) is 0 Å². The third-order valence-corrected chi connectivity index (χ3v) is 2.39.